The number of fused-ring (bicyclic) bond motifs is 1. The van der Waals surface area contributed by atoms with Crippen molar-refractivity contribution in [2.45, 2.75) is 29.7 Å². The summed E-state index contributed by atoms with van der Waals surface area (Å²) in [6.07, 6.45) is -0.636. The first-order valence-electron chi connectivity index (χ1n) is 9.37. The number of hydrazine groups is 1. The van der Waals surface area contributed by atoms with Gasteiger partial charge in [0.1, 0.15) is 11.5 Å². The molecule has 1 aromatic heterocycles. The van der Waals surface area contributed by atoms with E-state index in [1.165, 1.54) is 16.8 Å². The van der Waals surface area contributed by atoms with E-state index in [4.69, 9.17) is 4.74 Å². The smallest absolute Gasteiger partial charge is 0.426 e. The zero-order valence-electron chi connectivity index (χ0n) is 16.6. The Morgan fingerprint density at radius 3 is 2.80 bits per heavy atom. The second-order valence-corrected chi connectivity index (χ2v) is 10.8. The number of benzene rings is 2. The Morgan fingerprint density at radius 1 is 1.27 bits per heavy atom. The Labute approximate surface area is 187 Å². The highest BCUT2D eigenvalue weighted by Crippen LogP contribution is 2.40. The third-order valence-electron chi connectivity index (χ3n) is 4.66. The minimum Gasteiger partial charge on any atom is -0.443 e. The lowest BCUT2D eigenvalue weighted by atomic mass is 10.2. The predicted octanol–water partition coefficient (Wildman–Crippen LogP) is 4.83. The molecule has 1 atom stereocenters. The van der Waals surface area contributed by atoms with Crippen molar-refractivity contribution in [3.8, 4) is 0 Å². The summed E-state index contributed by atoms with van der Waals surface area (Å²) in [6.45, 7) is 4.10. The van der Waals surface area contributed by atoms with E-state index in [0.29, 0.717) is 11.5 Å². The number of aromatic nitrogens is 1. The molecule has 2 amide bonds. The van der Waals surface area contributed by atoms with Crippen LogP contribution in [0.3, 0.4) is 0 Å². The summed E-state index contributed by atoms with van der Waals surface area (Å²) in [5.41, 5.74) is 5.65. The molecule has 1 saturated heterocycles. The number of aryl methyl sites for hydroxylation is 1. The number of carbonyl (C=O) groups excluding carboxylic acids is 2. The summed E-state index contributed by atoms with van der Waals surface area (Å²) in [5.74, 6) is 0.774. The summed E-state index contributed by atoms with van der Waals surface area (Å²) < 4.78 is 7.38. The molecule has 3 aromatic rings. The van der Waals surface area contributed by atoms with E-state index in [0.717, 1.165) is 25.7 Å². The van der Waals surface area contributed by atoms with E-state index in [2.05, 4.69) is 10.4 Å². The van der Waals surface area contributed by atoms with Crippen LogP contribution in [-0.4, -0.2) is 38.4 Å². The van der Waals surface area contributed by atoms with Gasteiger partial charge < -0.3 is 4.74 Å². The van der Waals surface area contributed by atoms with E-state index in [-0.39, 0.29) is 12.5 Å². The van der Waals surface area contributed by atoms with Crippen LogP contribution in [0.1, 0.15) is 18.1 Å². The fourth-order valence-electron chi connectivity index (χ4n) is 2.96. The molecule has 2 heterocycles. The molecule has 0 aliphatic carbocycles. The second-order valence-electron chi connectivity index (χ2n) is 7.10. The normalized spacial score (nSPS) is 18.7. The quantitative estimate of drug-likeness (QED) is 0.533. The number of ether oxygens (including phenoxy) is 1. The molecule has 1 aliphatic rings. The SMILES string of the molecule is Cc1ccc(COC(=O)NN2C(=O)CSC2(C)CSc2nc3ccccc3s2)cc1. The first kappa shape index (κ1) is 21.0. The lowest BCUT2D eigenvalue weighted by Crippen LogP contribution is -2.54. The number of nitrogens with one attached hydrogen (secondary N) is 1. The fourth-order valence-corrected chi connectivity index (χ4v) is 6.37. The van der Waals surface area contributed by atoms with E-state index in [9.17, 15) is 9.59 Å². The van der Waals surface area contributed by atoms with E-state index in [1.807, 2.05) is 62.4 Å². The van der Waals surface area contributed by atoms with E-state index >= 15 is 0 Å². The molecular weight excluding hydrogens is 438 g/mol. The Morgan fingerprint density at radius 2 is 2.03 bits per heavy atom. The number of rotatable bonds is 6. The van der Waals surface area contributed by atoms with Crippen molar-refractivity contribution in [3.05, 3.63) is 59.7 Å². The van der Waals surface area contributed by atoms with Gasteiger partial charge in [0.15, 0.2) is 4.34 Å². The highest BCUT2D eigenvalue weighted by Gasteiger charge is 2.44. The topological polar surface area (TPSA) is 71.5 Å². The number of nitrogens with zero attached hydrogens (tertiary/aromatic N) is 2. The minimum atomic E-state index is -0.636. The van der Waals surface area contributed by atoms with Crippen LogP contribution in [0.2, 0.25) is 0 Å². The molecule has 156 valence electrons. The van der Waals surface area contributed by atoms with Crippen molar-refractivity contribution in [2.75, 3.05) is 11.5 Å². The second kappa shape index (κ2) is 8.87. The fraction of sp³-hybridized carbons (Fsp3) is 0.286. The third kappa shape index (κ3) is 4.74. The number of amides is 2. The van der Waals surface area contributed by atoms with Gasteiger partial charge in [-0.25, -0.2) is 20.2 Å². The van der Waals surface area contributed by atoms with Crippen LogP contribution in [0.25, 0.3) is 10.2 Å². The summed E-state index contributed by atoms with van der Waals surface area (Å²) >= 11 is 4.72. The molecule has 1 N–H and O–H groups in total. The molecule has 2 aromatic carbocycles. The zero-order chi connectivity index (χ0) is 21.1. The van der Waals surface area contributed by atoms with Crippen molar-refractivity contribution in [3.63, 3.8) is 0 Å². The average molecular weight is 460 g/mol. The van der Waals surface area contributed by atoms with Crippen LogP contribution < -0.4 is 5.43 Å². The average Bonchev–Trinajstić information content (AvgIpc) is 3.28. The summed E-state index contributed by atoms with van der Waals surface area (Å²) in [5, 5.41) is 1.40. The molecule has 0 radical (unpaired) electrons. The number of carbonyl (C=O) groups is 2. The van der Waals surface area contributed by atoms with Gasteiger partial charge in [-0.05, 0) is 31.5 Å². The van der Waals surface area contributed by atoms with Gasteiger partial charge in [0, 0.05) is 5.75 Å². The van der Waals surface area contributed by atoms with Gasteiger partial charge in [0.05, 0.1) is 16.0 Å². The maximum absolute atomic E-state index is 12.4. The molecule has 1 unspecified atom stereocenters. The van der Waals surface area contributed by atoms with Gasteiger partial charge in [-0.3, -0.25) is 4.79 Å². The summed E-state index contributed by atoms with van der Waals surface area (Å²) in [4.78, 5) is 28.8. The first-order chi connectivity index (χ1) is 14.4. The third-order valence-corrected chi connectivity index (χ3v) is 8.66. The summed E-state index contributed by atoms with van der Waals surface area (Å²) in [6, 6.07) is 15.8. The molecule has 4 rings (SSSR count). The van der Waals surface area contributed by atoms with Crippen LogP contribution in [0.15, 0.2) is 52.9 Å². The lowest BCUT2D eigenvalue weighted by molar-refractivity contribution is -0.132. The largest absolute Gasteiger partial charge is 0.443 e. The van der Waals surface area contributed by atoms with E-state index < -0.39 is 11.0 Å². The first-order valence-corrected chi connectivity index (χ1v) is 12.2. The van der Waals surface area contributed by atoms with Crippen molar-refractivity contribution in [1.82, 2.24) is 15.4 Å². The molecule has 0 spiro atoms. The van der Waals surface area contributed by atoms with Crippen molar-refractivity contribution < 1.29 is 14.3 Å². The highest BCUT2D eigenvalue weighted by atomic mass is 32.2. The minimum absolute atomic E-state index is 0.139. The van der Waals surface area contributed by atoms with Crippen LogP contribution >= 0.6 is 34.9 Å². The Balaban J connectivity index is 1.36. The molecular formula is C21H21N3O3S3. The number of thiazole rings is 1. The summed E-state index contributed by atoms with van der Waals surface area (Å²) in [7, 11) is 0. The molecule has 0 bridgehead atoms. The molecule has 9 heteroatoms. The van der Waals surface area contributed by atoms with Crippen molar-refractivity contribution in [1.29, 1.82) is 0 Å². The predicted molar refractivity (Wildman–Crippen MR) is 123 cm³/mol. The van der Waals surface area contributed by atoms with E-state index in [1.54, 1.807) is 23.1 Å². The maximum atomic E-state index is 12.4. The number of thioether (sulfide) groups is 2. The van der Waals surface area contributed by atoms with Crippen molar-refractivity contribution in [2.24, 2.45) is 0 Å². The van der Waals surface area contributed by atoms with Gasteiger partial charge in [-0.1, -0.05) is 53.7 Å². The molecule has 30 heavy (non-hydrogen) atoms. The van der Waals surface area contributed by atoms with Gasteiger partial charge >= 0.3 is 6.09 Å². The Hall–Kier alpha value is -2.23. The van der Waals surface area contributed by atoms with Crippen molar-refractivity contribution >= 4 is 57.1 Å². The number of hydrogen-bond donors (Lipinski definition) is 1. The number of hydrogen-bond acceptors (Lipinski definition) is 7. The van der Waals surface area contributed by atoms with Gasteiger partial charge in [0.25, 0.3) is 5.91 Å². The lowest BCUT2D eigenvalue weighted by Gasteiger charge is -2.33. The van der Waals surface area contributed by atoms with Crippen LogP contribution in [0, 0.1) is 6.92 Å². The van der Waals surface area contributed by atoms with Crippen LogP contribution in [-0.2, 0) is 16.1 Å². The Kier molecular flexibility index (Phi) is 6.21. The van der Waals surface area contributed by atoms with Gasteiger partial charge in [0.2, 0.25) is 0 Å². The standard InChI is InChI=1S/C21H21N3O3S3/c1-14-7-9-15(10-8-14)11-27-19(26)23-24-18(25)12-29-21(24,2)13-28-20-22-16-5-3-4-6-17(16)30-20/h3-10H,11-13H2,1-2H3,(H,23,26). The van der Waals surface area contributed by atoms with Gasteiger partial charge in [-0.15, -0.1) is 23.1 Å². The van der Waals surface area contributed by atoms with Crippen LogP contribution in [0.5, 0.6) is 0 Å². The molecule has 6 nitrogen and oxygen atoms in total. The van der Waals surface area contributed by atoms with Gasteiger partial charge in [-0.2, -0.15) is 0 Å². The number of para-hydroxylation sites is 1. The molecule has 1 aliphatic heterocycles. The highest BCUT2D eigenvalue weighted by molar-refractivity contribution is 8.05. The zero-order valence-corrected chi connectivity index (χ0v) is 19.0. The Bertz CT molecular complexity index is 1040. The molecule has 0 saturated carbocycles. The maximum Gasteiger partial charge on any atom is 0.426 e. The van der Waals surface area contributed by atoms with Crippen LogP contribution in [0.4, 0.5) is 4.79 Å². The molecule has 1 fully saturated rings. The monoisotopic (exact) mass is 459 g/mol.